The Hall–Kier alpha value is -4.19. The van der Waals surface area contributed by atoms with Crippen LogP contribution in [-0.4, -0.2) is 31.2 Å². The van der Waals surface area contributed by atoms with Crippen LogP contribution in [0, 0.1) is 5.92 Å². The number of rotatable bonds is 8. The molecular formula is C33H33NO5. The van der Waals surface area contributed by atoms with Gasteiger partial charge in [-0.25, -0.2) is 0 Å². The number of carbonyl (C=O) groups excluding carboxylic acids is 2. The van der Waals surface area contributed by atoms with Crippen LogP contribution < -0.4 is 9.47 Å². The predicted molar refractivity (Wildman–Crippen MR) is 150 cm³/mol. The SMILES string of the molecule is CCOC(=O)C1C(C)=NC2=C(C(=O)C[C@@H](c3ccccc3)C2)[C@@H]1c1ccc(OCc2ccccc2)c(OC)c1. The molecule has 0 saturated heterocycles. The molecule has 1 aliphatic heterocycles. The van der Waals surface area contributed by atoms with Gasteiger partial charge in [0.25, 0.3) is 0 Å². The largest absolute Gasteiger partial charge is 0.493 e. The molecule has 2 aliphatic rings. The summed E-state index contributed by atoms with van der Waals surface area (Å²) in [5, 5.41) is 0. The number of esters is 1. The molecule has 0 saturated carbocycles. The van der Waals surface area contributed by atoms with Crippen molar-refractivity contribution < 1.29 is 23.8 Å². The Kier molecular flexibility index (Phi) is 7.92. The van der Waals surface area contributed by atoms with Crippen LogP contribution in [0.3, 0.4) is 0 Å². The third kappa shape index (κ3) is 5.51. The molecule has 1 heterocycles. The van der Waals surface area contributed by atoms with Crippen molar-refractivity contribution in [3.05, 3.63) is 107 Å². The number of hydrogen-bond acceptors (Lipinski definition) is 6. The van der Waals surface area contributed by atoms with Gasteiger partial charge in [0.2, 0.25) is 0 Å². The van der Waals surface area contributed by atoms with Gasteiger partial charge in [-0.2, -0.15) is 0 Å². The summed E-state index contributed by atoms with van der Waals surface area (Å²) in [6, 6.07) is 25.6. The fourth-order valence-corrected chi connectivity index (χ4v) is 5.65. The molecule has 3 atom stereocenters. The highest BCUT2D eigenvalue weighted by molar-refractivity contribution is 6.09. The first kappa shape index (κ1) is 26.4. The second-order valence-corrected chi connectivity index (χ2v) is 9.94. The maximum Gasteiger partial charge on any atom is 0.315 e. The molecule has 0 spiro atoms. The van der Waals surface area contributed by atoms with Crippen molar-refractivity contribution in [1.82, 2.24) is 0 Å². The third-order valence-corrected chi connectivity index (χ3v) is 7.48. The fraction of sp³-hybridized carbons (Fsp3) is 0.303. The molecule has 0 aromatic heterocycles. The number of methoxy groups -OCH3 is 1. The second-order valence-electron chi connectivity index (χ2n) is 9.94. The van der Waals surface area contributed by atoms with E-state index in [9.17, 15) is 9.59 Å². The normalized spacial score (nSPS) is 20.6. The van der Waals surface area contributed by atoms with Crippen molar-refractivity contribution in [2.45, 2.75) is 45.1 Å². The van der Waals surface area contributed by atoms with Gasteiger partial charge in [0.1, 0.15) is 12.5 Å². The molecule has 3 aromatic rings. The van der Waals surface area contributed by atoms with Crippen LogP contribution in [0.25, 0.3) is 0 Å². The maximum atomic E-state index is 13.8. The molecular weight excluding hydrogens is 490 g/mol. The molecule has 6 heteroatoms. The second kappa shape index (κ2) is 11.7. The highest BCUT2D eigenvalue weighted by Crippen LogP contribution is 2.48. The monoisotopic (exact) mass is 523 g/mol. The van der Waals surface area contributed by atoms with Gasteiger partial charge in [-0.05, 0) is 55.0 Å². The van der Waals surface area contributed by atoms with Gasteiger partial charge in [-0.1, -0.05) is 66.7 Å². The van der Waals surface area contributed by atoms with Crippen molar-refractivity contribution in [3.63, 3.8) is 0 Å². The lowest BCUT2D eigenvalue weighted by Gasteiger charge is -2.36. The summed E-state index contributed by atoms with van der Waals surface area (Å²) < 4.78 is 17.2. The molecule has 1 unspecified atom stereocenters. The minimum absolute atomic E-state index is 0.0176. The highest BCUT2D eigenvalue weighted by atomic mass is 16.5. The van der Waals surface area contributed by atoms with Crippen molar-refractivity contribution in [1.29, 1.82) is 0 Å². The summed E-state index contributed by atoms with van der Waals surface area (Å²) in [4.78, 5) is 31.9. The lowest BCUT2D eigenvalue weighted by molar-refractivity contribution is -0.146. The molecule has 0 radical (unpaired) electrons. The van der Waals surface area contributed by atoms with E-state index in [1.54, 1.807) is 14.0 Å². The fourth-order valence-electron chi connectivity index (χ4n) is 5.65. The predicted octanol–water partition coefficient (Wildman–Crippen LogP) is 6.41. The summed E-state index contributed by atoms with van der Waals surface area (Å²) in [5.41, 5.74) is 4.97. The minimum atomic E-state index is -0.693. The van der Waals surface area contributed by atoms with Crippen LogP contribution in [0.4, 0.5) is 0 Å². The van der Waals surface area contributed by atoms with Gasteiger partial charge >= 0.3 is 5.97 Å². The zero-order valence-corrected chi connectivity index (χ0v) is 22.6. The topological polar surface area (TPSA) is 74.2 Å². The molecule has 39 heavy (non-hydrogen) atoms. The smallest absolute Gasteiger partial charge is 0.315 e. The molecule has 200 valence electrons. The molecule has 0 amide bonds. The first-order valence-electron chi connectivity index (χ1n) is 13.4. The molecule has 0 fully saturated rings. The number of ketones is 1. The highest BCUT2D eigenvalue weighted by Gasteiger charge is 2.45. The molecule has 5 rings (SSSR count). The quantitative estimate of drug-likeness (QED) is 0.319. The van der Waals surface area contributed by atoms with E-state index in [1.165, 1.54) is 0 Å². The number of nitrogens with zero attached hydrogens (tertiary/aromatic N) is 1. The number of Topliss-reactive ketones (excluding diaryl/α,β-unsaturated/α-hetero) is 1. The van der Waals surface area contributed by atoms with E-state index in [-0.39, 0.29) is 24.3 Å². The summed E-state index contributed by atoms with van der Waals surface area (Å²) >= 11 is 0. The zero-order chi connectivity index (χ0) is 27.4. The van der Waals surface area contributed by atoms with Crippen LogP contribution in [-0.2, 0) is 20.9 Å². The van der Waals surface area contributed by atoms with Gasteiger partial charge in [-0.3, -0.25) is 14.6 Å². The average molecular weight is 524 g/mol. The van der Waals surface area contributed by atoms with Gasteiger partial charge in [-0.15, -0.1) is 0 Å². The van der Waals surface area contributed by atoms with E-state index in [1.807, 2.05) is 73.7 Å². The standard InChI is InChI=1S/C33H33NO5/c1-4-38-33(36)30-21(2)34-26-17-25(23-13-9-6-10-14-23)18-27(35)32(26)31(30)24-15-16-28(29(19-24)37-3)39-20-22-11-7-5-8-12-22/h5-16,19,25,30-31H,4,17-18,20H2,1-3H3/t25-,30?,31+/m0/s1. The third-order valence-electron chi connectivity index (χ3n) is 7.48. The maximum absolute atomic E-state index is 13.8. The van der Waals surface area contributed by atoms with E-state index < -0.39 is 11.8 Å². The molecule has 0 N–H and O–H groups in total. The van der Waals surface area contributed by atoms with E-state index in [2.05, 4.69) is 12.1 Å². The van der Waals surface area contributed by atoms with Crippen molar-refractivity contribution in [2.24, 2.45) is 10.9 Å². The van der Waals surface area contributed by atoms with E-state index in [4.69, 9.17) is 19.2 Å². The van der Waals surface area contributed by atoms with E-state index in [0.717, 1.165) is 22.4 Å². The Bertz CT molecular complexity index is 1410. The Labute approximate surface area is 229 Å². The van der Waals surface area contributed by atoms with Gasteiger partial charge < -0.3 is 14.2 Å². The van der Waals surface area contributed by atoms with Gasteiger partial charge in [0, 0.05) is 29.3 Å². The van der Waals surface area contributed by atoms with Gasteiger partial charge in [0.05, 0.1) is 13.7 Å². The Morgan fingerprint density at radius 1 is 0.923 bits per heavy atom. The number of hydrogen-bond donors (Lipinski definition) is 0. The lowest BCUT2D eigenvalue weighted by atomic mass is 9.69. The first-order valence-corrected chi connectivity index (χ1v) is 13.4. The van der Waals surface area contributed by atoms with Crippen molar-refractivity contribution in [2.75, 3.05) is 13.7 Å². The average Bonchev–Trinajstić information content (AvgIpc) is 2.96. The Morgan fingerprint density at radius 3 is 2.33 bits per heavy atom. The zero-order valence-electron chi connectivity index (χ0n) is 22.6. The minimum Gasteiger partial charge on any atom is -0.493 e. The van der Waals surface area contributed by atoms with E-state index >= 15 is 0 Å². The molecule has 3 aromatic carbocycles. The van der Waals surface area contributed by atoms with Crippen molar-refractivity contribution in [3.8, 4) is 11.5 Å². The summed E-state index contributed by atoms with van der Waals surface area (Å²) in [6.07, 6.45) is 1.02. The number of carbonyl (C=O) groups is 2. The van der Waals surface area contributed by atoms with Crippen molar-refractivity contribution >= 4 is 17.5 Å². The number of benzene rings is 3. The number of aliphatic imine (C=N–C) groups is 1. The van der Waals surface area contributed by atoms with Crippen LogP contribution in [0.1, 0.15) is 55.2 Å². The van der Waals surface area contributed by atoms with E-state index in [0.29, 0.717) is 42.2 Å². The van der Waals surface area contributed by atoms with Crippen LogP contribution in [0.5, 0.6) is 11.5 Å². The van der Waals surface area contributed by atoms with Crippen LogP contribution in [0.2, 0.25) is 0 Å². The lowest BCUT2D eigenvalue weighted by Crippen LogP contribution is -2.38. The summed E-state index contributed by atoms with van der Waals surface area (Å²) in [7, 11) is 1.59. The number of allylic oxidation sites excluding steroid dienone is 2. The molecule has 1 aliphatic carbocycles. The molecule has 6 nitrogen and oxygen atoms in total. The number of ether oxygens (including phenoxy) is 3. The van der Waals surface area contributed by atoms with Crippen LogP contribution in [0.15, 0.2) is 95.1 Å². The van der Waals surface area contributed by atoms with Crippen LogP contribution >= 0.6 is 0 Å². The first-order chi connectivity index (χ1) is 19.0. The summed E-state index contributed by atoms with van der Waals surface area (Å²) in [6.45, 7) is 4.28. The molecule has 0 bridgehead atoms. The summed E-state index contributed by atoms with van der Waals surface area (Å²) in [5.74, 6) is -0.386. The Balaban J connectivity index is 1.53. The Morgan fingerprint density at radius 2 is 1.64 bits per heavy atom. The van der Waals surface area contributed by atoms with Gasteiger partial charge in [0.15, 0.2) is 17.3 Å².